The fourth-order valence-electron chi connectivity index (χ4n) is 0.609. The van der Waals surface area contributed by atoms with E-state index in [9.17, 15) is 4.79 Å². The fraction of sp³-hybridized carbons (Fsp3) is 0.857. The Morgan fingerprint density at radius 3 is 2.29 bits per heavy atom. The quantitative estimate of drug-likeness (QED) is 0.250. The molecule has 7 heteroatoms. The summed E-state index contributed by atoms with van der Waals surface area (Å²) in [5.41, 5.74) is 0. The van der Waals surface area contributed by atoms with Crippen LogP contribution in [0.5, 0.6) is 0 Å². The zero-order valence-electron chi connectivity index (χ0n) is 7.95. The van der Waals surface area contributed by atoms with Crippen molar-refractivity contribution in [3.63, 3.8) is 0 Å². The van der Waals surface area contributed by atoms with E-state index >= 15 is 0 Å². The van der Waals surface area contributed by atoms with Crippen LogP contribution < -0.4 is 0 Å². The minimum absolute atomic E-state index is 0.300. The molecule has 0 aliphatic rings. The molecule has 0 aliphatic heterocycles. The van der Waals surface area contributed by atoms with Crippen LogP contribution in [0, 0.1) is 0 Å². The first kappa shape index (κ1) is 15.0. The largest absolute Gasteiger partial charge is 0.465 e. The van der Waals surface area contributed by atoms with E-state index in [1.807, 2.05) is 0 Å². The minimum Gasteiger partial charge on any atom is -0.465 e. The number of carbonyl (C=O) groups excluding carboxylic acids is 1. The number of rotatable bonds is 5. The molecule has 0 saturated carbocycles. The van der Waals surface area contributed by atoms with Crippen molar-refractivity contribution in [1.29, 1.82) is 0 Å². The summed E-state index contributed by atoms with van der Waals surface area (Å²) in [6.45, 7) is 3.74. The second-order valence-electron chi connectivity index (χ2n) is 3.33. The number of hydrogen-bond acceptors (Lipinski definition) is 2. The van der Waals surface area contributed by atoms with Gasteiger partial charge in [-0.25, -0.2) is 0 Å². The van der Waals surface area contributed by atoms with Gasteiger partial charge in [0.1, 0.15) is 4.32 Å². The van der Waals surface area contributed by atoms with Gasteiger partial charge >= 0.3 is 12.0 Å². The molecule has 0 heterocycles. The molecular weight excluding hydrogens is 330 g/mol. The van der Waals surface area contributed by atoms with Gasteiger partial charge in [0, 0.05) is 0 Å². The third kappa shape index (κ3) is 8.35. The summed E-state index contributed by atoms with van der Waals surface area (Å²) < 4.78 is 4.31. The van der Waals surface area contributed by atoms with E-state index in [2.05, 4.69) is 15.9 Å². The lowest BCUT2D eigenvalue weighted by Gasteiger charge is -2.15. The molecule has 84 valence electrons. The summed E-state index contributed by atoms with van der Waals surface area (Å²) in [5.74, 6) is -0.302. The van der Waals surface area contributed by atoms with Crippen molar-refractivity contribution in [3.8, 4) is 0 Å². The van der Waals surface area contributed by atoms with E-state index in [4.69, 9.17) is 38.0 Å². The molecule has 2 nitrogen and oxygen atoms in total. The molecule has 0 rings (SSSR count). The minimum atomic E-state index is -2.56. The van der Waals surface area contributed by atoms with Gasteiger partial charge in [0.25, 0.3) is 0 Å². The molecule has 0 saturated heterocycles. The maximum absolute atomic E-state index is 11.2. The Kier molecular flexibility index (Phi) is 6.38. The summed E-state index contributed by atoms with van der Waals surface area (Å²) in [7, 11) is 0. The molecule has 0 unspecified atom stereocenters. The lowest BCUT2D eigenvalue weighted by molar-refractivity contribution is -0.145. The first-order chi connectivity index (χ1) is 6.13. The van der Waals surface area contributed by atoms with Crippen LogP contribution in [0.15, 0.2) is 0 Å². The van der Waals surface area contributed by atoms with Gasteiger partial charge in [-0.05, 0) is 26.3 Å². The first-order valence-electron chi connectivity index (χ1n) is 4.06. The van der Waals surface area contributed by atoms with Gasteiger partial charge in [0.15, 0.2) is 0 Å². The Morgan fingerprint density at radius 2 is 1.93 bits per heavy atom. The van der Waals surface area contributed by atoms with Crippen molar-refractivity contribution in [2.45, 2.75) is 30.6 Å². The Morgan fingerprint density at radius 1 is 1.43 bits per heavy atom. The molecular formula is C7H12BrCl3O2Si. The monoisotopic (exact) mass is 340 g/mol. The summed E-state index contributed by atoms with van der Waals surface area (Å²) in [4.78, 5) is 11.2. The lowest BCUT2D eigenvalue weighted by atomic mass is 10.2. The molecule has 0 fully saturated rings. The number of hydrogen-bond donors (Lipinski definition) is 0. The molecule has 0 atom stereocenters. The zero-order valence-corrected chi connectivity index (χ0v) is 12.8. The number of carbonyl (C=O) groups is 1. The van der Waals surface area contributed by atoms with Crippen LogP contribution in [0.25, 0.3) is 0 Å². The first-order valence-corrected chi connectivity index (χ1v) is 10.1. The Bertz CT molecular complexity index is 200. The summed E-state index contributed by atoms with van der Waals surface area (Å²) in [6, 6.07) is -2.05. The summed E-state index contributed by atoms with van der Waals surface area (Å²) in [6.07, 6.45) is 0.595. The molecule has 0 aliphatic carbocycles. The fourth-order valence-corrected chi connectivity index (χ4v) is 2.47. The van der Waals surface area contributed by atoms with Crippen LogP contribution in [0.4, 0.5) is 0 Å². The van der Waals surface area contributed by atoms with Gasteiger partial charge in [-0.1, -0.05) is 15.9 Å². The third-order valence-corrected chi connectivity index (χ3v) is 4.27. The molecule has 0 radical (unpaired) electrons. The van der Waals surface area contributed by atoms with Crippen LogP contribution in [-0.2, 0) is 9.53 Å². The predicted octanol–water partition coefficient (Wildman–Crippen LogP) is 3.75. The normalized spacial score (nSPS) is 12.7. The SMILES string of the molecule is CC(C)(Br)C(=O)OCCC[Si](Cl)(Cl)Cl. The van der Waals surface area contributed by atoms with Crippen molar-refractivity contribution in [2.24, 2.45) is 0 Å². The van der Waals surface area contributed by atoms with Crippen molar-refractivity contribution in [3.05, 3.63) is 0 Å². The molecule has 0 N–H and O–H groups in total. The van der Waals surface area contributed by atoms with E-state index in [-0.39, 0.29) is 5.97 Å². The Balaban J connectivity index is 3.62. The Hall–Kier alpha value is 1.04. The maximum atomic E-state index is 11.2. The summed E-state index contributed by atoms with van der Waals surface area (Å²) >= 11 is 20.2. The van der Waals surface area contributed by atoms with Crippen molar-refractivity contribution < 1.29 is 9.53 Å². The van der Waals surface area contributed by atoms with Crippen molar-refractivity contribution >= 4 is 61.1 Å². The number of esters is 1. The van der Waals surface area contributed by atoms with E-state index < -0.39 is 10.3 Å². The van der Waals surface area contributed by atoms with Crippen LogP contribution in [0.2, 0.25) is 6.04 Å². The van der Waals surface area contributed by atoms with Gasteiger partial charge in [-0.2, -0.15) is 0 Å². The smallest absolute Gasteiger partial charge is 0.341 e. The van der Waals surface area contributed by atoms with E-state index in [1.54, 1.807) is 13.8 Å². The average Bonchev–Trinajstić information content (AvgIpc) is 1.93. The Labute approximate surface area is 107 Å². The highest BCUT2D eigenvalue weighted by molar-refractivity contribution is 9.10. The molecule has 0 aromatic heterocycles. The van der Waals surface area contributed by atoms with Crippen LogP contribution in [0.3, 0.4) is 0 Å². The zero-order chi connectivity index (χ0) is 11.4. The molecule has 0 aromatic carbocycles. The van der Waals surface area contributed by atoms with Gasteiger partial charge < -0.3 is 4.74 Å². The van der Waals surface area contributed by atoms with Crippen LogP contribution >= 0.6 is 49.2 Å². The van der Waals surface area contributed by atoms with E-state index in [0.717, 1.165) is 0 Å². The molecule has 0 spiro atoms. The standard InChI is InChI=1S/C7H12BrCl3O2Si/c1-7(2,8)6(12)13-4-3-5-14(9,10)11/h3-5H2,1-2H3. The second kappa shape index (κ2) is 5.94. The van der Waals surface area contributed by atoms with Gasteiger partial charge in [-0.3, -0.25) is 4.79 Å². The molecule has 14 heavy (non-hydrogen) atoms. The number of ether oxygens (including phenoxy) is 1. The molecule has 0 aromatic rings. The summed E-state index contributed by atoms with van der Waals surface area (Å²) in [5, 5.41) is 0. The number of alkyl halides is 1. The van der Waals surface area contributed by atoms with Crippen LogP contribution in [-0.4, -0.2) is 22.9 Å². The third-order valence-electron chi connectivity index (χ3n) is 1.32. The predicted molar refractivity (Wildman–Crippen MR) is 66.7 cm³/mol. The van der Waals surface area contributed by atoms with Gasteiger partial charge in [0.05, 0.1) is 6.61 Å². The van der Waals surface area contributed by atoms with Crippen molar-refractivity contribution in [2.75, 3.05) is 6.61 Å². The highest BCUT2D eigenvalue weighted by atomic mass is 79.9. The molecule has 0 bridgehead atoms. The highest BCUT2D eigenvalue weighted by Crippen LogP contribution is 2.26. The topological polar surface area (TPSA) is 26.3 Å². The highest BCUT2D eigenvalue weighted by Gasteiger charge is 2.27. The maximum Gasteiger partial charge on any atom is 0.341 e. The number of halogens is 4. The average molecular weight is 343 g/mol. The second-order valence-corrected chi connectivity index (χ2v) is 14.6. The van der Waals surface area contributed by atoms with E-state index in [0.29, 0.717) is 19.1 Å². The van der Waals surface area contributed by atoms with Crippen LogP contribution in [0.1, 0.15) is 20.3 Å². The van der Waals surface area contributed by atoms with Gasteiger partial charge in [0.2, 0.25) is 0 Å². The molecule has 0 amide bonds. The van der Waals surface area contributed by atoms with Gasteiger partial charge in [-0.15, -0.1) is 33.2 Å². The van der Waals surface area contributed by atoms with Crippen molar-refractivity contribution in [1.82, 2.24) is 0 Å². The lowest BCUT2D eigenvalue weighted by Crippen LogP contribution is -2.27. The van der Waals surface area contributed by atoms with E-state index in [1.165, 1.54) is 0 Å².